The minimum absolute atomic E-state index is 0.442. The van der Waals surface area contributed by atoms with Crippen molar-refractivity contribution in [3.05, 3.63) is 35.4 Å². The van der Waals surface area contributed by atoms with E-state index in [9.17, 15) is 0 Å². The molecule has 1 aromatic rings. The molecule has 0 saturated heterocycles. The van der Waals surface area contributed by atoms with Crippen LogP contribution in [0.25, 0.3) is 0 Å². The van der Waals surface area contributed by atoms with E-state index in [1.165, 1.54) is 11.1 Å². The van der Waals surface area contributed by atoms with Gasteiger partial charge in [-0.3, -0.25) is 0 Å². The van der Waals surface area contributed by atoms with Crippen LogP contribution in [-0.2, 0) is 0 Å². The summed E-state index contributed by atoms with van der Waals surface area (Å²) in [6, 6.07) is 8.61. The topological polar surface area (TPSA) is 52.0 Å². The summed E-state index contributed by atoms with van der Waals surface area (Å²) in [6.45, 7) is 5.68. The molecule has 0 spiro atoms. The molecule has 14 heavy (non-hydrogen) atoms. The van der Waals surface area contributed by atoms with Crippen LogP contribution in [0.15, 0.2) is 24.3 Å². The Hall–Kier alpha value is -0.860. The monoisotopic (exact) mass is 192 g/mol. The zero-order valence-electron chi connectivity index (χ0n) is 9.03. The molecule has 0 heterocycles. The minimum Gasteiger partial charge on any atom is -0.330 e. The molecule has 1 rings (SSSR count). The van der Waals surface area contributed by atoms with Crippen LogP contribution < -0.4 is 11.5 Å². The maximum Gasteiger partial charge on any atom is -0.00109 e. The average molecular weight is 192 g/mol. The molecule has 0 aromatic heterocycles. The van der Waals surface area contributed by atoms with Crippen molar-refractivity contribution in [1.29, 1.82) is 0 Å². The average Bonchev–Trinajstić information content (AvgIpc) is 2.27. The third-order valence-electron chi connectivity index (χ3n) is 2.78. The number of hydrogen-bond acceptors (Lipinski definition) is 2. The first-order valence-corrected chi connectivity index (χ1v) is 5.19. The van der Waals surface area contributed by atoms with Crippen LogP contribution in [0, 0.1) is 0 Å². The Morgan fingerprint density at radius 3 is 1.36 bits per heavy atom. The molecule has 78 valence electrons. The largest absolute Gasteiger partial charge is 0.330 e. The summed E-state index contributed by atoms with van der Waals surface area (Å²) in [4.78, 5) is 0. The van der Waals surface area contributed by atoms with E-state index in [1.807, 2.05) is 0 Å². The molecule has 0 aliphatic carbocycles. The van der Waals surface area contributed by atoms with Crippen molar-refractivity contribution < 1.29 is 0 Å². The first-order chi connectivity index (χ1) is 6.69. The van der Waals surface area contributed by atoms with Gasteiger partial charge in [-0.05, 0) is 36.1 Å². The van der Waals surface area contributed by atoms with E-state index in [-0.39, 0.29) is 0 Å². The molecule has 0 fully saturated rings. The van der Waals surface area contributed by atoms with Crippen molar-refractivity contribution in [3.8, 4) is 0 Å². The van der Waals surface area contributed by atoms with Crippen LogP contribution in [0.2, 0.25) is 0 Å². The molecule has 0 saturated carbocycles. The van der Waals surface area contributed by atoms with Crippen LogP contribution in [0.3, 0.4) is 0 Å². The van der Waals surface area contributed by atoms with Gasteiger partial charge in [-0.2, -0.15) is 0 Å². The van der Waals surface area contributed by atoms with Crippen molar-refractivity contribution in [2.45, 2.75) is 25.7 Å². The lowest BCUT2D eigenvalue weighted by molar-refractivity contribution is 0.759. The van der Waals surface area contributed by atoms with E-state index in [0.29, 0.717) is 24.9 Å². The minimum atomic E-state index is 0.442. The maximum atomic E-state index is 5.61. The van der Waals surface area contributed by atoms with Crippen molar-refractivity contribution >= 4 is 0 Å². The predicted octanol–water partition coefficient (Wildman–Crippen LogP) is 1.81. The van der Waals surface area contributed by atoms with Gasteiger partial charge < -0.3 is 11.5 Å². The van der Waals surface area contributed by atoms with E-state index in [0.717, 1.165) is 0 Å². The fourth-order valence-electron chi connectivity index (χ4n) is 1.43. The van der Waals surface area contributed by atoms with E-state index in [1.54, 1.807) is 0 Å². The van der Waals surface area contributed by atoms with Crippen molar-refractivity contribution in [3.63, 3.8) is 0 Å². The second-order valence-electron chi connectivity index (χ2n) is 3.94. The molecule has 2 atom stereocenters. The molecule has 0 bridgehead atoms. The van der Waals surface area contributed by atoms with Gasteiger partial charge in [-0.15, -0.1) is 0 Å². The summed E-state index contributed by atoms with van der Waals surface area (Å²) < 4.78 is 0. The quantitative estimate of drug-likeness (QED) is 0.764. The smallest absolute Gasteiger partial charge is 0.00109 e. The molecule has 1 aromatic carbocycles. The summed E-state index contributed by atoms with van der Waals surface area (Å²) in [6.07, 6.45) is 0. The Morgan fingerprint density at radius 1 is 0.857 bits per heavy atom. The molecular weight excluding hydrogens is 172 g/mol. The van der Waals surface area contributed by atoms with Crippen molar-refractivity contribution in [2.75, 3.05) is 13.1 Å². The molecule has 0 aliphatic rings. The number of nitrogens with two attached hydrogens (primary N) is 2. The van der Waals surface area contributed by atoms with Gasteiger partial charge in [0.15, 0.2) is 0 Å². The summed E-state index contributed by atoms with van der Waals surface area (Å²) in [5.41, 5.74) is 13.8. The molecular formula is C12H20N2. The number of hydrogen-bond donors (Lipinski definition) is 2. The van der Waals surface area contributed by atoms with Crippen LogP contribution in [-0.4, -0.2) is 13.1 Å². The highest BCUT2D eigenvalue weighted by Crippen LogP contribution is 2.18. The van der Waals surface area contributed by atoms with Crippen molar-refractivity contribution in [2.24, 2.45) is 11.5 Å². The second-order valence-corrected chi connectivity index (χ2v) is 3.94. The Bertz CT molecular complexity index is 237. The molecule has 4 N–H and O–H groups in total. The lowest BCUT2D eigenvalue weighted by Crippen LogP contribution is -2.10. The van der Waals surface area contributed by atoms with E-state index in [4.69, 9.17) is 11.5 Å². The van der Waals surface area contributed by atoms with Gasteiger partial charge in [0.1, 0.15) is 0 Å². The first kappa shape index (κ1) is 11.2. The standard InChI is InChI=1S/C12H20N2/c1-9(7-13)11-3-5-12(6-4-11)10(2)8-14/h3-6,9-10H,7-8,13-14H2,1-2H3. The van der Waals surface area contributed by atoms with Gasteiger partial charge in [0.25, 0.3) is 0 Å². The third-order valence-corrected chi connectivity index (χ3v) is 2.78. The normalized spacial score (nSPS) is 15.1. The Kier molecular flexibility index (Phi) is 4.11. The highest BCUT2D eigenvalue weighted by molar-refractivity contribution is 5.27. The summed E-state index contributed by atoms with van der Waals surface area (Å²) >= 11 is 0. The molecule has 2 nitrogen and oxygen atoms in total. The Labute approximate surface area is 86.3 Å². The van der Waals surface area contributed by atoms with Gasteiger partial charge in [0.2, 0.25) is 0 Å². The Morgan fingerprint density at radius 2 is 1.14 bits per heavy atom. The van der Waals surface area contributed by atoms with E-state index < -0.39 is 0 Å². The third kappa shape index (κ3) is 2.56. The van der Waals surface area contributed by atoms with E-state index >= 15 is 0 Å². The van der Waals surface area contributed by atoms with Crippen LogP contribution in [0.5, 0.6) is 0 Å². The SMILES string of the molecule is CC(CN)c1ccc(C(C)CN)cc1. The molecule has 0 aliphatic heterocycles. The highest BCUT2D eigenvalue weighted by atomic mass is 14.5. The Balaban J connectivity index is 2.78. The summed E-state index contributed by atoms with van der Waals surface area (Å²) in [5.74, 6) is 0.884. The predicted molar refractivity (Wildman–Crippen MR) is 61.4 cm³/mol. The van der Waals surface area contributed by atoms with Crippen molar-refractivity contribution in [1.82, 2.24) is 0 Å². The molecule has 2 unspecified atom stereocenters. The summed E-state index contributed by atoms with van der Waals surface area (Å²) in [5, 5.41) is 0. The van der Waals surface area contributed by atoms with Gasteiger partial charge >= 0.3 is 0 Å². The zero-order valence-corrected chi connectivity index (χ0v) is 9.03. The number of benzene rings is 1. The lowest BCUT2D eigenvalue weighted by atomic mass is 9.96. The highest BCUT2D eigenvalue weighted by Gasteiger charge is 2.05. The summed E-state index contributed by atoms with van der Waals surface area (Å²) in [7, 11) is 0. The maximum absolute atomic E-state index is 5.61. The second kappa shape index (κ2) is 5.13. The number of rotatable bonds is 4. The molecule has 0 radical (unpaired) electrons. The van der Waals surface area contributed by atoms with Crippen LogP contribution in [0.4, 0.5) is 0 Å². The fourth-order valence-corrected chi connectivity index (χ4v) is 1.43. The lowest BCUT2D eigenvalue weighted by Gasteiger charge is -2.12. The molecule has 2 heteroatoms. The van der Waals surface area contributed by atoms with Gasteiger partial charge in [0.05, 0.1) is 0 Å². The van der Waals surface area contributed by atoms with Crippen LogP contribution in [0.1, 0.15) is 36.8 Å². The molecule has 0 amide bonds. The van der Waals surface area contributed by atoms with Gasteiger partial charge in [0, 0.05) is 0 Å². The van der Waals surface area contributed by atoms with Gasteiger partial charge in [-0.1, -0.05) is 38.1 Å². The fraction of sp³-hybridized carbons (Fsp3) is 0.500. The van der Waals surface area contributed by atoms with Crippen LogP contribution >= 0.6 is 0 Å². The van der Waals surface area contributed by atoms with E-state index in [2.05, 4.69) is 38.1 Å². The van der Waals surface area contributed by atoms with Gasteiger partial charge in [-0.25, -0.2) is 0 Å². The first-order valence-electron chi connectivity index (χ1n) is 5.19. The zero-order chi connectivity index (χ0) is 10.6.